The highest BCUT2D eigenvalue weighted by atomic mass is 16.2. The van der Waals surface area contributed by atoms with Gasteiger partial charge in [-0.15, -0.1) is 0 Å². The lowest BCUT2D eigenvalue weighted by Crippen LogP contribution is -2.40. The molecule has 0 fully saturated rings. The zero-order chi connectivity index (χ0) is 9.72. The summed E-state index contributed by atoms with van der Waals surface area (Å²) in [7, 11) is 1.81. The zero-order valence-electron chi connectivity index (χ0n) is 8.35. The van der Waals surface area contributed by atoms with Gasteiger partial charge in [0.1, 0.15) is 0 Å². The second-order valence-electron chi connectivity index (χ2n) is 2.76. The molecule has 70 valence electrons. The minimum Gasteiger partial charge on any atom is -0.390 e. The molecule has 0 bridgehead atoms. The van der Waals surface area contributed by atoms with Crippen LogP contribution in [0, 0.1) is 0 Å². The van der Waals surface area contributed by atoms with E-state index in [2.05, 4.69) is 11.9 Å². The first-order valence-corrected chi connectivity index (χ1v) is 4.18. The summed E-state index contributed by atoms with van der Waals surface area (Å²) >= 11 is 0. The van der Waals surface area contributed by atoms with Gasteiger partial charge in [-0.1, -0.05) is 6.58 Å². The number of hydrogen-bond acceptors (Lipinski definition) is 2. The fraction of sp³-hybridized carbons (Fsp3) is 0.667. The quantitative estimate of drug-likeness (QED) is 0.682. The number of nitrogens with one attached hydrogen (secondary N) is 1. The van der Waals surface area contributed by atoms with Crippen LogP contribution in [0.3, 0.4) is 0 Å². The third-order valence-corrected chi connectivity index (χ3v) is 2.04. The molecular weight excluding hydrogens is 152 g/mol. The third kappa shape index (κ3) is 2.57. The summed E-state index contributed by atoms with van der Waals surface area (Å²) < 4.78 is 0. The molecule has 3 nitrogen and oxygen atoms in total. The van der Waals surface area contributed by atoms with E-state index in [1.165, 1.54) is 0 Å². The largest absolute Gasteiger partial charge is 0.390 e. The van der Waals surface area contributed by atoms with Crippen LogP contribution < -0.4 is 5.32 Å². The lowest BCUT2D eigenvalue weighted by molar-refractivity contribution is -0.129. The molecule has 0 aliphatic heterocycles. The van der Waals surface area contributed by atoms with Gasteiger partial charge in [0, 0.05) is 26.2 Å². The van der Waals surface area contributed by atoms with E-state index in [-0.39, 0.29) is 11.9 Å². The van der Waals surface area contributed by atoms with Crippen molar-refractivity contribution in [1.82, 2.24) is 10.2 Å². The highest BCUT2D eigenvalue weighted by molar-refractivity contribution is 5.73. The monoisotopic (exact) mass is 170 g/mol. The first-order chi connectivity index (χ1) is 5.54. The Hall–Kier alpha value is -0.990. The van der Waals surface area contributed by atoms with Crippen molar-refractivity contribution >= 4 is 5.91 Å². The van der Waals surface area contributed by atoms with E-state index < -0.39 is 0 Å². The van der Waals surface area contributed by atoms with Gasteiger partial charge >= 0.3 is 0 Å². The molecule has 12 heavy (non-hydrogen) atoms. The topological polar surface area (TPSA) is 32.3 Å². The van der Waals surface area contributed by atoms with Crippen molar-refractivity contribution in [2.75, 3.05) is 13.6 Å². The second kappa shape index (κ2) is 4.80. The molecular formula is C9H18N2O. The van der Waals surface area contributed by atoms with Gasteiger partial charge in [0.05, 0.1) is 6.04 Å². The summed E-state index contributed by atoms with van der Waals surface area (Å²) in [4.78, 5) is 12.9. The first-order valence-electron chi connectivity index (χ1n) is 4.18. The molecule has 1 N–H and O–H groups in total. The molecule has 0 aromatic rings. The standard InChI is InChI=1S/C9H18N2O/c1-6-11(9(4)12)8(3)7(2)10-5/h8,10H,2,6H2,1,3-5H3. The number of amides is 1. The SMILES string of the molecule is C=C(NC)C(C)N(CC)C(C)=O. The Balaban J connectivity index is 4.30. The van der Waals surface area contributed by atoms with Gasteiger partial charge in [0.25, 0.3) is 0 Å². The fourth-order valence-corrected chi connectivity index (χ4v) is 1.17. The van der Waals surface area contributed by atoms with Crippen LogP contribution >= 0.6 is 0 Å². The van der Waals surface area contributed by atoms with Crippen molar-refractivity contribution in [3.8, 4) is 0 Å². The molecule has 0 radical (unpaired) electrons. The normalized spacial score (nSPS) is 12.0. The highest BCUT2D eigenvalue weighted by Crippen LogP contribution is 2.05. The van der Waals surface area contributed by atoms with Gasteiger partial charge in [-0.25, -0.2) is 0 Å². The van der Waals surface area contributed by atoms with Gasteiger partial charge in [0.2, 0.25) is 5.91 Å². The Labute approximate surface area is 74.4 Å². The molecule has 0 heterocycles. The van der Waals surface area contributed by atoms with Crippen LogP contribution in [0.2, 0.25) is 0 Å². The maximum atomic E-state index is 11.1. The van der Waals surface area contributed by atoms with Gasteiger partial charge in [-0.05, 0) is 13.8 Å². The Morgan fingerprint density at radius 1 is 1.67 bits per heavy atom. The minimum absolute atomic E-state index is 0.0671. The van der Waals surface area contributed by atoms with E-state index in [0.29, 0.717) is 0 Å². The summed E-state index contributed by atoms with van der Waals surface area (Å²) in [6, 6.07) is 0.0671. The Morgan fingerprint density at radius 3 is 2.42 bits per heavy atom. The van der Waals surface area contributed by atoms with Gasteiger partial charge < -0.3 is 10.2 Å². The fourth-order valence-electron chi connectivity index (χ4n) is 1.17. The molecule has 0 aromatic heterocycles. The van der Waals surface area contributed by atoms with Crippen molar-refractivity contribution in [2.45, 2.75) is 26.8 Å². The van der Waals surface area contributed by atoms with Crippen LogP contribution in [-0.2, 0) is 4.79 Å². The zero-order valence-corrected chi connectivity index (χ0v) is 8.35. The summed E-state index contributed by atoms with van der Waals surface area (Å²) in [5, 5.41) is 2.95. The average molecular weight is 170 g/mol. The van der Waals surface area contributed by atoms with Crippen LogP contribution in [0.5, 0.6) is 0 Å². The Morgan fingerprint density at radius 2 is 2.17 bits per heavy atom. The van der Waals surface area contributed by atoms with Crippen LogP contribution in [0.4, 0.5) is 0 Å². The number of nitrogens with zero attached hydrogens (tertiary/aromatic N) is 1. The van der Waals surface area contributed by atoms with Gasteiger partial charge in [0.15, 0.2) is 0 Å². The predicted octanol–water partition coefficient (Wildman–Crippen LogP) is 0.976. The van der Waals surface area contributed by atoms with Crippen LogP contribution in [0.15, 0.2) is 12.3 Å². The summed E-state index contributed by atoms with van der Waals surface area (Å²) in [5.74, 6) is 0.0846. The molecule has 0 rings (SSSR count). The minimum atomic E-state index is 0.0671. The summed E-state index contributed by atoms with van der Waals surface area (Å²) in [6.07, 6.45) is 0. The molecule has 0 aliphatic rings. The van der Waals surface area contributed by atoms with Gasteiger partial charge in [-0.3, -0.25) is 4.79 Å². The van der Waals surface area contributed by atoms with E-state index in [0.717, 1.165) is 12.2 Å². The van der Waals surface area contributed by atoms with E-state index in [1.807, 2.05) is 20.9 Å². The average Bonchev–Trinajstić information content (AvgIpc) is 2.03. The highest BCUT2D eigenvalue weighted by Gasteiger charge is 2.15. The number of rotatable bonds is 4. The molecule has 1 unspecified atom stereocenters. The van der Waals surface area contributed by atoms with Crippen molar-refractivity contribution in [3.63, 3.8) is 0 Å². The first kappa shape index (κ1) is 11.0. The maximum Gasteiger partial charge on any atom is 0.219 e. The maximum absolute atomic E-state index is 11.1. The third-order valence-electron chi connectivity index (χ3n) is 2.04. The van der Waals surface area contributed by atoms with Crippen molar-refractivity contribution < 1.29 is 4.79 Å². The number of carbonyl (C=O) groups is 1. The van der Waals surface area contributed by atoms with Crippen molar-refractivity contribution in [2.24, 2.45) is 0 Å². The summed E-state index contributed by atoms with van der Waals surface area (Å²) in [6.45, 7) is 10.0. The van der Waals surface area contributed by atoms with Gasteiger partial charge in [-0.2, -0.15) is 0 Å². The lowest BCUT2D eigenvalue weighted by atomic mass is 10.2. The van der Waals surface area contributed by atoms with Crippen molar-refractivity contribution in [1.29, 1.82) is 0 Å². The Bertz CT molecular complexity index is 177. The lowest BCUT2D eigenvalue weighted by Gasteiger charge is -2.28. The molecule has 0 saturated heterocycles. The molecule has 1 atom stereocenters. The molecule has 1 amide bonds. The molecule has 0 saturated carbocycles. The Kier molecular flexibility index (Phi) is 4.40. The summed E-state index contributed by atoms with van der Waals surface area (Å²) in [5.41, 5.74) is 0.868. The molecule has 3 heteroatoms. The van der Waals surface area contributed by atoms with Crippen LogP contribution in [-0.4, -0.2) is 30.4 Å². The number of carbonyl (C=O) groups excluding carboxylic acids is 1. The molecule has 0 aromatic carbocycles. The van der Waals surface area contributed by atoms with E-state index in [4.69, 9.17) is 0 Å². The van der Waals surface area contributed by atoms with Crippen molar-refractivity contribution in [3.05, 3.63) is 12.3 Å². The second-order valence-corrected chi connectivity index (χ2v) is 2.76. The van der Waals surface area contributed by atoms with Crippen LogP contribution in [0.1, 0.15) is 20.8 Å². The van der Waals surface area contributed by atoms with E-state index in [1.54, 1.807) is 11.8 Å². The van der Waals surface area contributed by atoms with Crippen LogP contribution in [0.25, 0.3) is 0 Å². The molecule has 0 aliphatic carbocycles. The number of hydrogen-bond donors (Lipinski definition) is 1. The van der Waals surface area contributed by atoms with E-state index in [9.17, 15) is 4.79 Å². The predicted molar refractivity (Wildman–Crippen MR) is 50.7 cm³/mol. The number of likely N-dealkylation sites (N-methyl/N-ethyl adjacent to an activating group) is 2. The molecule has 0 spiro atoms. The van der Waals surface area contributed by atoms with E-state index >= 15 is 0 Å². The smallest absolute Gasteiger partial charge is 0.219 e.